The molecule has 0 aromatic carbocycles. The maximum atomic E-state index is 12.6. The van der Waals surface area contributed by atoms with Crippen molar-refractivity contribution in [3.8, 4) is 0 Å². The fourth-order valence-corrected chi connectivity index (χ4v) is 7.38. The highest BCUT2D eigenvalue weighted by Crippen LogP contribution is 2.65. The Morgan fingerprint density at radius 3 is 2.64 bits per heavy atom. The van der Waals surface area contributed by atoms with Gasteiger partial charge in [-0.05, 0) is 74.0 Å². The van der Waals surface area contributed by atoms with Gasteiger partial charge in [0, 0.05) is 25.5 Å². The van der Waals surface area contributed by atoms with E-state index in [0.717, 1.165) is 44.9 Å². The number of hydrogen-bond donors (Lipinski definition) is 1. The van der Waals surface area contributed by atoms with Gasteiger partial charge in [-0.25, -0.2) is 0 Å². The second-order valence-corrected chi connectivity index (χ2v) is 9.90. The third-order valence-electron chi connectivity index (χ3n) is 8.91. The Labute approximate surface area is 175 Å². The van der Waals surface area contributed by atoms with Gasteiger partial charge in [0.2, 0.25) is 0 Å². The predicted molar refractivity (Wildman–Crippen MR) is 113 cm³/mol. The van der Waals surface area contributed by atoms with E-state index in [1.54, 1.807) is 0 Å². The lowest BCUT2D eigenvalue weighted by Gasteiger charge is -2.61. The topological polar surface area (TPSA) is 73.9 Å². The number of fused-ring (bicyclic) bond motifs is 5. The molecule has 160 valence electrons. The van der Waals surface area contributed by atoms with Gasteiger partial charge in [-0.1, -0.05) is 19.0 Å². The molecule has 0 unspecified atom stereocenters. The number of ether oxygens (including phenoxy) is 1. The van der Waals surface area contributed by atoms with E-state index in [9.17, 15) is 4.79 Å². The molecule has 4 aliphatic carbocycles. The fourth-order valence-electron chi connectivity index (χ4n) is 7.38. The summed E-state index contributed by atoms with van der Waals surface area (Å²) in [6, 6.07) is 0. The highest BCUT2D eigenvalue weighted by Gasteiger charge is 2.62. The lowest BCUT2D eigenvalue weighted by Crippen LogP contribution is -2.58. The smallest absolute Gasteiger partial charge is 0.139 e. The van der Waals surface area contributed by atoms with Gasteiger partial charge >= 0.3 is 0 Å². The number of ketones is 1. The Morgan fingerprint density at radius 1 is 1.14 bits per heavy atom. The first kappa shape index (κ1) is 22.0. The third-order valence-corrected chi connectivity index (χ3v) is 8.91. The molecule has 6 heteroatoms. The largest absolute Gasteiger partial charge is 0.395 e. The molecule has 0 bridgehead atoms. The lowest BCUT2D eigenvalue weighted by atomic mass is 9.44. The highest BCUT2D eigenvalue weighted by molar-refractivity contribution is 5.87. The summed E-state index contributed by atoms with van der Waals surface area (Å²) in [5.74, 6) is 2.92. The number of hydrogen-bond acceptors (Lipinski definition) is 5. The van der Waals surface area contributed by atoms with Gasteiger partial charge < -0.3 is 15.3 Å². The van der Waals surface area contributed by atoms with Crippen LogP contribution in [0.1, 0.15) is 65.2 Å². The molecule has 2 N–H and O–H groups in total. The van der Waals surface area contributed by atoms with E-state index < -0.39 is 0 Å². The number of methoxy groups -OCH3 is 1. The van der Waals surface area contributed by atoms with Crippen LogP contribution in [0, 0.1) is 34.5 Å². The van der Waals surface area contributed by atoms with Crippen LogP contribution in [-0.2, 0) is 14.4 Å². The van der Waals surface area contributed by atoms with Gasteiger partial charge in [0.15, 0.2) is 0 Å². The number of rotatable bonds is 4. The summed E-state index contributed by atoms with van der Waals surface area (Å²) in [4.78, 5) is 18.0. The molecule has 7 atom stereocenters. The molecule has 4 fully saturated rings. The van der Waals surface area contributed by atoms with Crippen LogP contribution in [0.25, 0.3) is 0 Å². The Balaban J connectivity index is 0.00000225. The summed E-state index contributed by atoms with van der Waals surface area (Å²) >= 11 is 0. The Bertz CT molecular complexity index is 627. The maximum absolute atomic E-state index is 12.6. The Hall–Kier alpha value is -0.650. The first-order valence-corrected chi connectivity index (χ1v) is 10.9. The molecule has 5 nitrogen and oxygen atoms in total. The van der Waals surface area contributed by atoms with E-state index in [2.05, 4.69) is 19.0 Å². The summed E-state index contributed by atoms with van der Waals surface area (Å²) in [6.07, 6.45) is 8.66. The number of nitrogens with two attached hydrogens (primary N) is 1. The molecule has 4 saturated carbocycles. The number of oxime groups is 1. The number of carbonyl (C=O) groups excluding carboxylic acids is 1. The SMILES string of the molecule is CO[C@H]1C[C@@H]2[C@H](CC[C@]3(C)C(=O)CC[C@@H]23)[C@@]2(C)CC/C(=N\OCCN)C[C@H]12.Cl. The standard InChI is InChI=1S/C22H36N2O3.ClH/c1-21-8-6-14(24-27-11-10-23)12-18(21)19(26-3)13-15-16-4-5-20(25)22(16,2)9-7-17(15)21;/h15-19H,4-13,23H2,1-3H3;1H/b24-14+;/t15-,16-,17-,18+,19-,21+,22-;/m0./s1. The van der Waals surface area contributed by atoms with Crippen molar-refractivity contribution in [1.29, 1.82) is 0 Å². The molecule has 0 spiro atoms. The summed E-state index contributed by atoms with van der Waals surface area (Å²) in [5.41, 5.74) is 6.89. The lowest BCUT2D eigenvalue weighted by molar-refractivity contribution is -0.158. The van der Waals surface area contributed by atoms with Crippen molar-refractivity contribution in [3.05, 3.63) is 0 Å². The van der Waals surface area contributed by atoms with E-state index in [-0.39, 0.29) is 29.3 Å². The second kappa shape index (κ2) is 8.23. The number of halogens is 1. The van der Waals surface area contributed by atoms with Crippen molar-refractivity contribution in [3.63, 3.8) is 0 Å². The monoisotopic (exact) mass is 412 g/mol. The predicted octanol–water partition coefficient (Wildman–Crippen LogP) is 3.98. The zero-order chi connectivity index (χ0) is 19.2. The quantitative estimate of drug-likeness (QED) is 0.559. The molecule has 0 radical (unpaired) electrons. The van der Waals surface area contributed by atoms with Crippen molar-refractivity contribution in [1.82, 2.24) is 0 Å². The van der Waals surface area contributed by atoms with Gasteiger partial charge in [0.1, 0.15) is 12.4 Å². The maximum Gasteiger partial charge on any atom is 0.139 e. The fraction of sp³-hybridized carbons (Fsp3) is 0.909. The minimum Gasteiger partial charge on any atom is -0.395 e. The zero-order valence-electron chi connectivity index (χ0n) is 17.6. The van der Waals surface area contributed by atoms with Gasteiger partial charge in [-0.3, -0.25) is 4.79 Å². The van der Waals surface area contributed by atoms with E-state index in [0.29, 0.717) is 42.6 Å². The average molecular weight is 413 g/mol. The molecule has 0 aromatic rings. The first-order chi connectivity index (χ1) is 12.9. The third kappa shape index (κ3) is 3.31. The van der Waals surface area contributed by atoms with E-state index in [1.165, 1.54) is 12.1 Å². The molecule has 0 amide bonds. The van der Waals surface area contributed by atoms with Crippen molar-refractivity contribution < 1.29 is 14.4 Å². The summed E-state index contributed by atoms with van der Waals surface area (Å²) in [6.45, 7) is 5.73. The number of Topliss-reactive ketones (excluding diaryl/α,β-unsaturated/α-hetero) is 1. The van der Waals surface area contributed by atoms with Gasteiger partial charge in [-0.15, -0.1) is 12.4 Å². The van der Waals surface area contributed by atoms with Crippen molar-refractivity contribution in [2.45, 2.75) is 71.3 Å². The van der Waals surface area contributed by atoms with Crippen molar-refractivity contribution in [2.75, 3.05) is 20.3 Å². The molecule has 0 aliphatic heterocycles. The zero-order valence-corrected chi connectivity index (χ0v) is 18.4. The number of carbonyl (C=O) groups is 1. The summed E-state index contributed by atoms with van der Waals surface area (Å²) in [5, 5.41) is 4.38. The molecule has 0 heterocycles. The van der Waals surface area contributed by atoms with Crippen molar-refractivity contribution in [2.24, 2.45) is 45.4 Å². The summed E-state index contributed by atoms with van der Waals surface area (Å²) in [7, 11) is 1.86. The minimum absolute atomic E-state index is 0. The van der Waals surface area contributed by atoms with Gasteiger partial charge in [-0.2, -0.15) is 0 Å². The van der Waals surface area contributed by atoms with E-state index in [1.807, 2.05) is 7.11 Å². The molecule has 0 saturated heterocycles. The van der Waals surface area contributed by atoms with Crippen LogP contribution >= 0.6 is 12.4 Å². The number of nitrogens with zero attached hydrogens (tertiary/aromatic N) is 1. The molecule has 4 rings (SSSR count). The molecule has 4 aliphatic rings. The first-order valence-electron chi connectivity index (χ1n) is 10.9. The minimum atomic E-state index is -0.0694. The van der Waals surface area contributed by atoms with Crippen LogP contribution in [0.3, 0.4) is 0 Å². The Morgan fingerprint density at radius 2 is 1.93 bits per heavy atom. The van der Waals surface area contributed by atoms with Crippen LogP contribution in [0.4, 0.5) is 0 Å². The van der Waals surface area contributed by atoms with Crippen LogP contribution in [-0.4, -0.2) is 37.9 Å². The van der Waals surface area contributed by atoms with E-state index >= 15 is 0 Å². The van der Waals surface area contributed by atoms with Crippen LogP contribution < -0.4 is 5.73 Å². The van der Waals surface area contributed by atoms with Crippen LogP contribution in [0.5, 0.6) is 0 Å². The van der Waals surface area contributed by atoms with E-state index in [4.69, 9.17) is 15.3 Å². The molecule has 0 aromatic heterocycles. The van der Waals surface area contributed by atoms with Crippen LogP contribution in [0.2, 0.25) is 0 Å². The highest BCUT2D eigenvalue weighted by atomic mass is 35.5. The van der Waals surface area contributed by atoms with Crippen molar-refractivity contribution >= 4 is 23.9 Å². The van der Waals surface area contributed by atoms with Crippen LogP contribution in [0.15, 0.2) is 5.16 Å². The second-order valence-electron chi connectivity index (χ2n) is 9.90. The molecular weight excluding hydrogens is 376 g/mol. The van der Waals surface area contributed by atoms with Gasteiger partial charge in [0.05, 0.1) is 11.8 Å². The summed E-state index contributed by atoms with van der Waals surface area (Å²) < 4.78 is 6.06. The average Bonchev–Trinajstić information content (AvgIpc) is 2.96. The normalized spacial score (nSPS) is 46.4. The molecule has 28 heavy (non-hydrogen) atoms. The Kier molecular flexibility index (Phi) is 6.48. The molecular formula is C22H37ClN2O3. The van der Waals surface area contributed by atoms with Gasteiger partial charge in [0.25, 0.3) is 0 Å².